The van der Waals surface area contributed by atoms with E-state index in [1.54, 1.807) is 29.3 Å². The fraction of sp³-hybridized carbons (Fsp3) is 0.0667. The summed E-state index contributed by atoms with van der Waals surface area (Å²) in [6, 6.07) is 16.6. The number of rotatable bonds is 2. The maximum absolute atomic E-state index is 9.99. The predicted octanol–water partition coefficient (Wildman–Crippen LogP) is 2.97. The van der Waals surface area contributed by atoms with Crippen molar-refractivity contribution < 1.29 is 26.0 Å². The van der Waals surface area contributed by atoms with Crippen LogP contribution in [0, 0.1) is 23.1 Å². The topological polar surface area (TPSA) is 73.8 Å². The molecule has 112 valence electrons. The number of nitro benzene ring substituents is 1. The average molecular weight is 465 g/mol. The van der Waals surface area contributed by atoms with Crippen LogP contribution in [0.25, 0.3) is 5.69 Å². The fourth-order valence-electron chi connectivity index (χ4n) is 1.60. The number of non-ortho nitro benzene ring substituents is 1. The van der Waals surface area contributed by atoms with E-state index in [0.29, 0.717) is 0 Å². The van der Waals surface area contributed by atoms with Crippen LogP contribution in [0.15, 0.2) is 60.9 Å². The van der Waals surface area contributed by atoms with Crippen LogP contribution in [-0.2, 0) is 21.1 Å². The third kappa shape index (κ3) is 5.22. The van der Waals surface area contributed by atoms with E-state index >= 15 is 0 Å². The number of nitro groups is 1. The van der Waals surface area contributed by atoms with Gasteiger partial charge in [-0.15, -0.1) is 6.07 Å². The van der Waals surface area contributed by atoms with Crippen molar-refractivity contribution in [3.05, 3.63) is 82.7 Å². The van der Waals surface area contributed by atoms with E-state index in [1.807, 2.05) is 31.2 Å². The monoisotopic (exact) mass is 465 g/mol. The molecule has 1 heterocycles. The maximum atomic E-state index is 9.99. The van der Waals surface area contributed by atoms with Gasteiger partial charge in [-0.1, -0.05) is 18.2 Å². The van der Waals surface area contributed by atoms with E-state index < -0.39 is 4.92 Å². The van der Waals surface area contributed by atoms with Crippen LogP contribution >= 0.6 is 0 Å². The van der Waals surface area contributed by atoms with E-state index in [2.05, 4.69) is 16.3 Å². The summed E-state index contributed by atoms with van der Waals surface area (Å²) in [5.74, 6) is 0. The van der Waals surface area contributed by atoms with Crippen LogP contribution in [0.1, 0.15) is 5.56 Å². The van der Waals surface area contributed by atoms with Crippen molar-refractivity contribution in [1.29, 1.82) is 0 Å². The quantitative estimate of drug-likeness (QED) is 0.332. The van der Waals surface area contributed by atoms with Gasteiger partial charge in [0.25, 0.3) is 0 Å². The third-order valence-corrected chi connectivity index (χ3v) is 2.55. The molecule has 0 atom stereocenters. The standard InChI is InChI=1S/C9H9N3.C6H4NO2.W/c1-8-3-2-4-9(7-8)12-10-5-6-11-12;8-7(9)6-4-2-1-3-5-6;/h2-7H,1H3;1-2,4-5H;/q;-1;. The van der Waals surface area contributed by atoms with E-state index in [0.717, 1.165) is 5.69 Å². The molecule has 1 aromatic heterocycles. The number of hydrogen-bond donors (Lipinski definition) is 0. The number of aryl methyl sites for hydroxylation is 1. The number of nitrogens with zero attached hydrogens (tertiary/aromatic N) is 4. The summed E-state index contributed by atoms with van der Waals surface area (Å²) >= 11 is 0. The van der Waals surface area contributed by atoms with Gasteiger partial charge in [0, 0.05) is 26.0 Å². The molecule has 0 aliphatic carbocycles. The largest absolute Gasteiger partial charge is 0.270 e. The van der Waals surface area contributed by atoms with Crippen LogP contribution in [0.5, 0.6) is 0 Å². The van der Waals surface area contributed by atoms with Gasteiger partial charge in [-0.25, -0.2) is 0 Å². The van der Waals surface area contributed by atoms with Gasteiger partial charge >= 0.3 is 0 Å². The molecule has 0 bridgehead atoms. The third-order valence-electron chi connectivity index (χ3n) is 2.55. The molecule has 0 radical (unpaired) electrons. The Kier molecular flexibility index (Phi) is 7.12. The molecule has 0 amide bonds. The van der Waals surface area contributed by atoms with E-state index in [1.165, 1.54) is 17.7 Å². The summed E-state index contributed by atoms with van der Waals surface area (Å²) in [5.41, 5.74) is 2.29. The Labute approximate surface area is 142 Å². The fourth-order valence-corrected chi connectivity index (χ4v) is 1.60. The van der Waals surface area contributed by atoms with Gasteiger partial charge in [-0.3, -0.25) is 10.1 Å². The van der Waals surface area contributed by atoms with Gasteiger partial charge in [-0.05, 0) is 24.6 Å². The van der Waals surface area contributed by atoms with Crippen molar-refractivity contribution in [2.75, 3.05) is 0 Å². The van der Waals surface area contributed by atoms with Crippen molar-refractivity contribution in [1.82, 2.24) is 15.0 Å². The first-order valence-corrected chi connectivity index (χ1v) is 6.20. The molecule has 6 nitrogen and oxygen atoms in total. The minimum absolute atomic E-state index is 0. The molecule has 0 aliphatic heterocycles. The molecule has 3 aromatic rings. The molecule has 0 fully saturated rings. The Morgan fingerprint density at radius 3 is 2.41 bits per heavy atom. The summed E-state index contributed by atoms with van der Waals surface area (Å²) in [6.07, 6.45) is 3.34. The molecule has 0 saturated heterocycles. The zero-order valence-corrected chi connectivity index (χ0v) is 14.7. The van der Waals surface area contributed by atoms with Gasteiger partial charge in [0.1, 0.15) is 0 Å². The number of benzene rings is 2. The summed E-state index contributed by atoms with van der Waals surface area (Å²) in [4.78, 5) is 11.1. The summed E-state index contributed by atoms with van der Waals surface area (Å²) in [6.45, 7) is 2.05. The van der Waals surface area contributed by atoms with Gasteiger partial charge in [0.05, 0.1) is 18.1 Å². The molecule has 2 aromatic carbocycles. The Morgan fingerprint density at radius 2 is 1.91 bits per heavy atom. The smallest absolute Gasteiger partial charge is 0.163 e. The minimum atomic E-state index is -0.448. The molecule has 7 heteroatoms. The molecule has 0 unspecified atom stereocenters. The number of aromatic nitrogens is 3. The first-order valence-electron chi connectivity index (χ1n) is 6.20. The summed E-state index contributed by atoms with van der Waals surface area (Å²) in [5, 5.41) is 18.1. The van der Waals surface area contributed by atoms with Gasteiger partial charge in [-0.2, -0.15) is 33.2 Å². The van der Waals surface area contributed by atoms with Crippen LogP contribution in [0.2, 0.25) is 0 Å². The van der Waals surface area contributed by atoms with E-state index in [9.17, 15) is 10.1 Å². The second-order valence-electron chi connectivity index (χ2n) is 4.18. The first kappa shape index (κ1) is 17.7. The first-order chi connectivity index (χ1) is 10.2. The Morgan fingerprint density at radius 1 is 1.18 bits per heavy atom. The minimum Gasteiger partial charge on any atom is -0.270 e. The Hall–Kier alpha value is -2.33. The predicted molar refractivity (Wildman–Crippen MR) is 78.0 cm³/mol. The normalized spacial score (nSPS) is 9.14. The summed E-state index contributed by atoms with van der Waals surface area (Å²) in [7, 11) is 0. The van der Waals surface area contributed by atoms with Crippen LogP contribution < -0.4 is 0 Å². The van der Waals surface area contributed by atoms with Crippen molar-refractivity contribution in [3.8, 4) is 5.69 Å². The SMILES string of the molecule is Cc1cccc(-n2nccn2)c1.O=[N+]([O-])c1c[c-]ccc1.[W]. The van der Waals surface area contributed by atoms with Crippen LogP contribution in [-0.4, -0.2) is 19.9 Å². The maximum Gasteiger partial charge on any atom is 0.163 e. The van der Waals surface area contributed by atoms with Crippen molar-refractivity contribution in [2.24, 2.45) is 0 Å². The van der Waals surface area contributed by atoms with E-state index in [-0.39, 0.29) is 26.8 Å². The molecular weight excluding hydrogens is 452 g/mol. The molecular formula is C15H13N4O2W-. The number of hydrogen-bond acceptors (Lipinski definition) is 4. The molecule has 3 rings (SSSR count). The van der Waals surface area contributed by atoms with Gasteiger partial charge < -0.3 is 0 Å². The van der Waals surface area contributed by atoms with Crippen molar-refractivity contribution >= 4 is 5.69 Å². The molecule has 22 heavy (non-hydrogen) atoms. The van der Waals surface area contributed by atoms with E-state index in [4.69, 9.17) is 0 Å². The average Bonchev–Trinajstić information content (AvgIpc) is 3.03. The summed E-state index contributed by atoms with van der Waals surface area (Å²) < 4.78 is 0. The second kappa shape index (κ2) is 8.85. The zero-order chi connectivity index (χ0) is 15.1. The zero-order valence-electron chi connectivity index (χ0n) is 11.8. The second-order valence-corrected chi connectivity index (χ2v) is 4.18. The molecule has 0 aliphatic rings. The Balaban J connectivity index is 0.000000219. The van der Waals surface area contributed by atoms with Crippen molar-refractivity contribution in [2.45, 2.75) is 6.92 Å². The van der Waals surface area contributed by atoms with Crippen molar-refractivity contribution in [3.63, 3.8) is 0 Å². The molecule has 0 saturated carbocycles. The van der Waals surface area contributed by atoms with Gasteiger partial charge in [0.15, 0.2) is 5.69 Å². The van der Waals surface area contributed by atoms with Crippen LogP contribution in [0.3, 0.4) is 0 Å². The van der Waals surface area contributed by atoms with Crippen LogP contribution in [0.4, 0.5) is 5.69 Å². The Bertz CT molecular complexity index is 703. The molecule has 0 N–H and O–H groups in total. The molecule has 0 spiro atoms. The van der Waals surface area contributed by atoms with Gasteiger partial charge in [0.2, 0.25) is 0 Å².